The minimum absolute atomic E-state index is 0.0135. The number of Topliss-reactive ketones (excluding diaryl/α,β-unsaturated/α-hetero) is 1. The van der Waals surface area contributed by atoms with Crippen LogP contribution in [0.1, 0.15) is 66.7 Å². The van der Waals surface area contributed by atoms with Crippen molar-refractivity contribution in [3.05, 3.63) is 10.6 Å². The Morgan fingerprint density at radius 2 is 1.96 bits per heavy atom. The molecule has 1 aromatic rings. The molecule has 1 fully saturated rings. The monoisotopic (exact) mass is 350 g/mol. The number of rotatable bonds is 5. The number of carbonyl (C=O) groups is 3. The molecular formula is C17H22N2O4S. The molecule has 3 rings (SSSR count). The highest BCUT2D eigenvalue weighted by atomic mass is 32.1. The van der Waals surface area contributed by atoms with Gasteiger partial charge in [-0.1, -0.05) is 43.4 Å². The van der Waals surface area contributed by atoms with Crippen molar-refractivity contribution in [3.63, 3.8) is 0 Å². The Bertz CT molecular complexity index is 649. The fourth-order valence-corrected chi connectivity index (χ4v) is 4.51. The summed E-state index contributed by atoms with van der Waals surface area (Å²) >= 11 is 1.16. The lowest BCUT2D eigenvalue weighted by molar-refractivity contribution is -0.141. The van der Waals surface area contributed by atoms with E-state index < -0.39 is 11.9 Å². The molecule has 1 amide bonds. The summed E-state index contributed by atoms with van der Waals surface area (Å²) in [6, 6.07) is 0. The lowest BCUT2D eigenvalue weighted by Gasteiger charge is -2.20. The number of thiazole rings is 1. The summed E-state index contributed by atoms with van der Waals surface area (Å²) in [7, 11) is 0. The summed E-state index contributed by atoms with van der Waals surface area (Å²) in [5.74, 6) is -1.30. The molecule has 1 atom stereocenters. The van der Waals surface area contributed by atoms with Crippen LogP contribution in [0, 0.1) is 11.8 Å². The lowest BCUT2D eigenvalue weighted by atomic mass is 9.86. The predicted octanol–water partition coefficient (Wildman–Crippen LogP) is 3.27. The summed E-state index contributed by atoms with van der Waals surface area (Å²) in [6.07, 6.45) is 7.89. The van der Waals surface area contributed by atoms with Crippen molar-refractivity contribution >= 4 is 34.1 Å². The van der Waals surface area contributed by atoms with Gasteiger partial charge in [0.25, 0.3) is 0 Å². The second-order valence-electron chi connectivity index (χ2n) is 6.75. The average Bonchev–Trinajstić information content (AvgIpc) is 2.97. The van der Waals surface area contributed by atoms with E-state index in [9.17, 15) is 14.4 Å². The fourth-order valence-electron chi connectivity index (χ4n) is 3.55. The van der Waals surface area contributed by atoms with Gasteiger partial charge in [0, 0.05) is 19.3 Å². The number of fused-ring (bicyclic) bond motifs is 1. The van der Waals surface area contributed by atoms with Gasteiger partial charge in [-0.25, -0.2) is 4.98 Å². The van der Waals surface area contributed by atoms with Crippen LogP contribution in [0.25, 0.3) is 0 Å². The number of nitrogens with zero attached hydrogens (tertiary/aromatic N) is 1. The zero-order valence-corrected chi connectivity index (χ0v) is 14.4. The number of anilines is 1. The Kier molecular flexibility index (Phi) is 5.28. The Hall–Kier alpha value is -1.76. The van der Waals surface area contributed by atoms with E-state index in [0.717, 1.165) is 17.8 Å². The first-order chi connectivity index (χ1) is 11.5. The van der Waals surface area contributed by atoms with Gasteiger partial charge in [-0.05, 0) is 12.3 Å². The van der Waals surface area contributed by atoms with Gasteiger partial charge in [0.15, 0.2) is 10.9 Å². The third kappa shape index (κ3) is 4.01. The summed E-state index contributed by atoms with van der Waals surface area (Å²) in [4.78, 5) is 40.0. The van der Waals surface area contributed by atoms with Crippen LogP contribution in [-0.4, -0.2) is 27.8 Å². The summed E-state index contributed by atoms with van der Waals surface area (Å²) < 4.78 is 0. The van der Waals surface area contributed by atoms with Crippen LogP contribution in [0.2, 0.25) is 0 Å². The zero-order chi connectivity index (χ0) is 17.1. The van der Waals surface area contributed by atoms with Crippen molar-refractivity contribution in [3.8, 4) is 0 Å². The third-order valence-corrected chi connectivity index (χ3v) is 5.98. The zero-order valence-electron chi connectivity index (χ0n) is 13.5. The fraction of sp³-hybridized carbons (Fsp3) is 0.647. The maximum absolute atomic E-state index is 12.1. The molecule has 6 nitrogen and oxygen atoms in total. The highest BCUT2D eigenvalue weighted by Gasteiger charge is 2.33. The van der Waals surface area contributed by atoms with E-state index in [1.807, 2.05) is 0 Å². The van der Waals surface area contributed by atoms with Crippen LogP contribution >= 0.6 is 11.3 Å². The van der Waals surface area contributed by atoms with Gasteiger partial charge in [0.05, 0.1) is 16.5 Å². The molecule has 2 N–H and O–H groups in total. The highest BCUT2D eigenvalue weighted by molar-refractivity contribution is 7.17. The molecule has 0 aliphatic heterocycles. The number of aromatic nitrogens is 1. The Morgan fingerprint density at radius 3 is 2.67 bits per heavy atom. The number of carbonyl (C=O) groups excluding carboxylic acids is 2. The quantitative estimate of drug-likeness (QED) is 0.849. The first-order valence-corrected chi connectivity index (χ1v) is 9.40. The molecule has 0 aromatic carbocycles. The van der Waals surface area contributed by atoms with E-state index in [4.69, 9.17) is 5.11 Å². The maximum Gasteiger partial charge on any atom is 0.307 e. The number of hydrogen-bond donors (Lipinski definition) is 2. The maximum atomic E-state index is 12.1. The van der Waals surface area contributed by atoms with Crippen molar-refractivity contribution in [2.45, 2.75) is 57.8 Å². The molecule has 2 aliphatic carbocycles. The van der Waals surface area contributed by atoms with Gasteiger partial charge in [-0.15, -0.1) is 0 Å². The van der Waals surface area contributed by atoms with E-state index >= 15 is 0 Å². The van der Waals surface area contributed by atoms with Crippen molar-refractivity contribution in [2.75, 3.05) is 5.32 Å². The molecule has 0 unspecified atom stereocenters. The van der Waals surface area contributed by atoms with Crippen LogP contribution in [0.15, 0.2) is 0 Å². The largest absolute Gasteiger partial charge is 0.481 e. The lowest BCUT2D eigenvalue weighted by Crippen LogP contribution is -2.25. The smallest absolute Gasteiger partial charge is 0.307 e. The number of nitrogens with one attached hydrogen (secondary N) is 1. The van der Waals surface area contributed by atoms with Crippen LogP contribution in [-0.2, 0) is 16.0 Å². The second kappa shape index (κ2) is 7.42. The first kappa shape index (κ1) is 17.1. The Labute approximate surface area is 144 Å². The number of carboxylic acid groups (broad SMARTS) is 1. The number of aliphatic carboxylic acids is 1. The van der Waals surface area contributed by atoms with Crippen molar-refractivity contribution < 1.29 is 19.5 Å². The van der Waals surface area contributed by atoms with Crippen LogP contribution < -0.4 is 5.32 Å². The summed E-state index contributed by atoms with van der Waals surface area (Å²) in [5, 5.41) is 12.3. The average molecular weight is 350 g/mol. The van der Waals surface area contributed by atoms with Gasteiger partial charge in [-0.3, -0.25) is 14.4 Å². The normalized spacial score (nSPS) is 21.3. The van der Waals surface area contributed by atoms with Gasteiger partial charge in [-0.2, -0.15) is 0 Å². The van der Waals surface area contributed by atoms with Gasteiger partial charge in [0.1, 0.15) is 0 Å². The molecule has 1 saturated carbocycles. The molecular weight excluding hydrogens is 328 g/mol. The van der Waals surface area contributed by atoms with Crippen LogP contribution in [0.5, 0.6) is 0 Å². The summed E-state index contributed by atoms with van der Waals surface area (Å²) in [6.45, 7) is 0. The second-order valence-corrected chi connectivity index (χ2v) is 7.75. The Balaban J connectivity index is 1.56. The molecule has 7 heteroatoms. The van der Waals surface area contributed by atoms with Crippen LogP contribution in [0.3, 0.4) is 0 Å². The SMILES string of the molecule is O=C(CCC1CCCCC1)Nc1nc2c(s1)C(=O)C[C@H](C(=O)O)C2. The standard InChI is InChI=1S/C17H22N2O4S/c20-13-9-11(16(22)23)8-12-15(13)24-17(18-12)19-14(21)7-6-10-4-2-1-3-5-10/h10-11H,1-9H2,(H,22,23)(H,18,19,21)/t11-/m1/s1. The molecule has 0 spiro atoms. The molecule has 24 heavy (non-hydrogen) atoms. The molecule has 0 bridgehead atoms. The summed E-state index contributed by atoms with van der Waals surface area (Å²) in [5.41, 5.74) is 0.506. The number of hydrogen-bond acceptors (Lipinski definition) is 5. The van der Waals surface area contributed by atoms with E-state index in [0.29, 0.717) is 28.0 Å². The molecule has 2 aliphatic rings. The van der Waals surface area contributed by atoms with Crippen LogP contribution in [0.4, 0.5) is 5.13 Å². The highest BCUT2D eigenvalue weighted by Crippen LogP contribution is 2.33. The van der Waals surface area contributed by atoms with E-state index in [1.54, 1.807) is 0 Å². The predicted molar refractivity (Wildman–Crippen MR) is 90.3 cm³/mol. The number of ketones is 1. The van der Waals surface area contributed by atoms with Crippen molar-refractivity contribution in [1.29, 1.82) is 0 Å². The number of amides is 1. The van der Waals surface area contributed by atoms with Gasteiger partial charge in [0.2, 0.25) is 5.91 Å². The number of carboxylic acids is 1. The minimum atomic E-state index is -0.972. The Morgan fingerprint density at radius 1 is 1.21 bits per heavy atom. The molecule has 1 aromatic heterocycles. The first-order valence-electron chi connectivity index (χ1n) is 8.58. The van der Waals surface area contributed by atoms with Crippen molar-refractivity contribution in [2.24, 2.45) is 11.8 Å². The van der Waals surface area contributed by atoms with Crippen molar-refractivity contribution in [1.82, 2.24) is 4.98 Å². The van der Waals surface area contributed by atoms with E-state index in [1.165, 1.54) is 32.1 Å². The minimum Gasteiger partial charge on any atom is -0.481 e. The van der Waals surface area contributed by atoms with Gasteiger partial charge < -0.3 is 10.4 Å². The molecule has 130 valence electrons. The van der Waals surface area contributed by atoms with Gasteiger partial charge >= 0.3 is 5.97 Å². The molecule has 0 radical (unpaired) electrons. The molecule has 0 saturated heterocycles. The molecule has 1 heterocycles. The topological polar surface area (TPSA) is 96.4 Å². The van der Waals surface area contributed by atoms with E-state index in [2.05, 4.69) is 10.3 Å². The third-order valence-electron chi connectivity index (χ3n) is 4.92. The van der Waals surface area contributed by atoms with E-state index in [-0.39, 0.29) is 24.5 Å².